The molecule has 4 rings (SSSR count). The van der Waals surface area contributed by atoms with E-state index in [1.165, 1.54) is 0 Å². The first-order valence-corrected chi connectivity index (χ1v) is 9.52. The maximum Gasteiger partial charge on any atom is 0.247 e. The van der Waals surface area contributed by atoms with Crippen molar-refractivity contribution in [3.05, 3.63) is 66.1 Å². The average molecular weight is 377 g/mol. The molecule has 0 N–H and O–H groups in total. The smallest absolute Gasteiger partial charge is 0.247 e. The minimum Gasteiger partial charge on any atom is -0.497 e. The Hall–Kier alpha value is -3.15. The summed E-state index contributed by atoms with van der Waals surface area (Å²) in [6, 6.07) is 17.4. The van der Waals surface area contributed by atoms with Gasteiger partial charge in [0.05, 0.1) is 19.4 Å². The van der Waals surface area contributed by atoms with Gasteiger partial charge in [-0.3, -0.25) is 4.79 Å². The zero-order valence-electron chi connectivity index (χ0n) is 15.9. The van der Waals surface area contributed by atoms with E-state index in [-0.39, 0.29) is 11.8 Å². The van der Waals surface area contributed by atoms with Gasteiger partial charge in [-0.25, -0.2) is 0 Å². The number of ether oxygens (including phenoxy) is 1. The van der Waals surface area contributed by atoms with Crippen LogP contribution in [0.1, 0.15) is 30.2 Å². The van der Waals surface area contributed by atoms with Crippen molar-refractivity contribution in [1.29, 1.82) is 0 Å². The minimum atomic E-state index is 0.0698. The van der Waals surface area contributed by atoms with Crippen LogP contribution in [0.15, 0.2) is 59.0 Å². The fourth-order valence-corrected chi connectivity index (χ4v) is 3.56. The van der Waals surface area contributed by atoms with Crippen LogP contribution in [0.2, 0.25) is 0 Å². The predicted molar refractivity (Wildman–Crippen MR) is 105 cm³/mol. The van der Waals surface area contributed by atoms with Crippen molar-refractivity contribution in [3.63, 3.8) is 0 Å². The summed E-state index contributed by atoms with van der Waals surface area (Å²) in [7, 11) is 1.63. The Morgan fingerprint density at radius 1 is 1.18 bits per heavy atom. The lowest BCUT2D eigenvalue weighted by molar-refractivity contribution is -0.131. The number of carbonyl (C=O) groups excluding carboxylic acids is 1. The van der Waals surface area contributed by atoms with Crippen LogP contribution in [-0.2, 0) is 11.2 Å². The average Bonchev–Trinajstić information content (AvgIpc) is 3.25. The van der Waals surface area contributed by atoms with E-state index >= 15 is 0 Å². The van der Waals surface area contributed by atoms with Gasteiger partial charge in [-0.05, 0) is 36.6 Å². The van der Waals surface area contributed by atoms with Crippen molar-refractivity contribution in [1.82, 2.24) is 15.1 Å². The second kappa shape index (κ2) is 8.25. The topological polar surface area (TPSA) is 68.5 Å². The van der Waals surface area contributed by atoms with Gasteiger partial charge in [0.25, 0.3) is 0 Å². The molecule has 2 aromatic carbocycles. The van der Waals surface area contributed by atoms with Crippen molar-refractivity contribution in [2.45, 2.75) is 25.2 Å². The fraction of sp³-hybridized carbons (Fsp3) is 0.318. The van der Waals surface area contributed by atoms with Gasteiger partial charge in [0, 0.05) is 18.7 Å². The molecule has 1 saturated heterocycles. The third-order valence-corrected chi connectivity index (χ3v) is 5.08. The number of aromatic nitrogens is 2. The second-order valence-corrected chi connectivity index (χ2v) is 7.02. The number of benzene rings is 2. The molecule has 0 saturated carbocycles. The Bertz CT molecular complexity index is 939. The largest absolute Gasteiger partial charge is 0.497 e. The number of likely N-dealkylation sites (tertiary alicyclic amines) is 1. The predicted octanol–water partition coefficient (Wildman–Crippen LogP) is 3.69. The molecule has 6 heteroatoms. The molecular formula is C22H23N3O3. The van der Waals surface area contributed by atoms with Crippen molar-refractivity contribution < 1.29 is 13.9 Å². The molecule has 1 atom stereocenters. The van der Waals surface area contributed by atoms with Crippen molar-refractivity contribution in [2.75, 3.05) is 20.2 Å². The Morgan fingerprint density at radius 2 is 2.04 bits per heavy atom. The molecular weight excluding hydrogens is 354 g/mol. The molecule has 0 spiro atoms. The third-order valence-electron chi connectivity index (χ3n) is 5.08. The van der Waals surface area contributed by atoms with Crippen LogP contribution >= 0.6 is 0 Å². The summed E-state index contributed by atoms with van der Waals surface area (Å²) in [6.07, 6.45) is 2.30. The third kappa shape index (κ3) is 4.06. The fourth-order valence-electron chi connectivity index (χ4n) is 3.56. The summed E-state index contributed by atoms with van der Waals surface area (Å²) in [6.45, 7) is 1.39. The van der Waals surface area contributed by atoms with Crippen LogP contribution in [0, 0.1) is 0 Å². The van der Waals surface area contributed by atoms with E-state index in [1.54, 1.807) is 7.11 Å². The lowest BCUT2D eigenvalue weighted by Gasteiger charge is -2.31. The van der Waals surface area contributed by atoms with Crippen LogP contribution in [-0.4, -0.2) is 41.2 Å². The van der Waals surface area contributed by atoms with Crippen LogP contribution in [0.3, 0.4) is 0 Å². The molecule has 1 amide bonds. The molecule has 1 aliphatic heterocycles. The van der Waals surface area contributed by atoms with E-state index in [1.807, 2.05) is 59.5 Å². The first-order valence-electron chi connectivity index (χ1n) is 9.52. The van der Waals surface area contributed by atoms with E-state index in [2.05, 4.69) is 10.2 Å². The van der Waals surface area contributed by atoms with Gasteiger partial charge in [0.2, 0.25) is 17.7 Å². The number of hydrogen-bond acceptors (Lipinski definition) is 5. The first-order chi connectivity index (χ1) is 13.7. The molecule has 28 heavy (non-hydrogen) atoms. The molecule has 0 radical (unpaired) electrons. The Morgan fingerprint density at radius 3 is 2.86 bits per heavy atom. The molecule has 3 aromatic rings. The maximum atomic E-state index is 12.7. The van der Waals surface area contributed by atoms with Gasteiger partial charge in [-0.1, -0.05) is 36.4 Å². The molecule has 0 aliphatic carbocycles. The van der Waals surface area contributed by atoms with E-state index in [9.17, 15) is 4.79 Å². The molecule has 0 unspecified atom stereocenters. The lowest BCUT2D eigenvalue weighted by atomic mass is 9.97. The van der Waals surface area contributed by atoms with Gasteiger partial charge >= 0.3 is 0 Å². The van der Waals surface area contributed by atoms with Crippen LogP contribution in [0.4, 0.5) is 0 Å². The number of rotatable bonds is 5. The van der Waals surface area contributed by atoms with Gasteiger partial charge < -0.3 is 14.1 Å². The summed E-state index contributed by atoms with van der Waals surface area (Å²) in [5, 5.41) is 8.45. The molecule has 1 fully saturated rings. The first kappa shape index (κ1) is 18.2. The number of carbonyl (C=O) groups is 1. The van der Waals surface area contributed by atoms with E-state index < -0.39 is 0 Å². The van der Waals surface area contributed by atoms with Gasteiger partial charge in [-0.15, -0.1) is 10.2 Å². The van der Waals surface area contributed by atoms with Crippen LogP contribution < -0.4 is 4.74 Å². The number of amides is 1. The van der Waals surface area contributed by atoms with E-state index in [0.717, 1.165) is 36.3 Å². The standard InChI is InChI=1S/C22H23N3O3/c1-27-19-11-5-9-17(14-19)21-23-24-22(28-21)18-10-6-12-25(15-18)20(26)13-16-7-3-2-4-8-16/h2-5,7-9,11,14,18H,6,10,12-13,15H2,1H3/t18-/m0/s1. The van der Waals surface area contributed by atoms with E-state index in [4.69, 9.17) is 9.15 Å². The van der Waals surface area contributed by atoms with Crippen molar-refractivity contribution in [3.8, 4) is 17.2 Å². The van der Waals surface area contributed by atoms with Crippen LogP contribution in [0.25, 0.3) is 11.5 Å². The summed E-state index contributed by atoms with van der Waals surface area (Å²) < 4.78 is 11.2. The molecule has 144 valence electrons. The summed E-state index contributed by atoms with van der Waals surface area (Å²) >= 11 is 0. The number of methoxy groups -OCH3 is 1. The zero-order valence-corrected chi connectivity index (χ0v) is 15.9. The SMILES string of the molecule is COc1cccc(-c2nnc([C@H]3CCCN(C(=O)Cc4ccccc4)C3)o2)c1. The molecule has 6 nitrogen and oxygen atoms in total. The van der Waals surface area contributed by atoms with Gasteiger partial charge in [-0.2, -0.15) is 0 Å². The van der Waals surface area contributed by atoms with Gasteiger partial charge in [0.1, 0.15) is 5.75 Å². The zero-order chi connectivity index (χ0) is 19.3. The molecule has 0 bridgehead atoms. The number of nitrogens with zero attached hydrogens (tertiary/aromatic N) is 3. The second-order valence-electron chi connectivity index (χ2n) is 7.02. The molecule has 2 heterocycles. The Balaban J connectivity index is 1.45. The highest BCUT2D eigenvalue weighted by molar-refractivity contribution is 5.79. The summed E-state index contributed by atoms with van der Waals surface area (Å²) in [5.74, 6) is 2.02. The monoisotopic (exact) mass is 377 g/mol. The Labute approximate surface area is 164 Å². The van der Waals surface area contributed by atoms with Crippen molar-refractivity contribution >= 4 is 5.91 Å². The summed E-state index contributed by atoms with van der Waals surface area (Å²) in [5.41, 5.74) is 1.86. The normalized spacial score (nSPS) is 16.8. The highest BCUT2D eigenvalue weighted by Gasteiger charge is 2.28. The molecule has 1 aliphatic rings. The van der Waals surface area contributed by atoms with Crippen molar-refractivity contribution in [2.24, 2.45) is 0 Å². The molecule has 1 aromatic heterocycles. The Kier molecular flexibility index (Phi) is 5.37. The highest BCUT2D eigenvalue weighted by atomic mass is 16.5. The quantitative estimate of drug-likeness (QED) is 0.678. The van der Waals surface area contributed by atoms with E-state index in [0.29, 0.717) is 24.7 Å². The maximum absolute atomic E-state index is 12.7. The number of piperidine rings is 1. The number of hydrogen-bond donors (Lipinski definition) is 0. The lowest BCUT2D eigenvalue weighted by Crippen LogP contribution is -2.40. The summed E-state index contributed by atoms with van der Waals surface area (Å²) in [4.78, 5) is 14.6. The van der Waals surface area contributed by atoms with Crippen LogP contribution in [0.5, 0.6) is 5.75 Å². The minimum absolute atomic E-state index is 0.0698. The van der Waals surface area contributed by atoms with Gasteiger partial charge in [0.15, 0.2) is 0 Å². The highest BCUT2D eigenvalue weighted by Crippen LogP contribution is 2.29.